The van der Waals surface area contributed by atoms with Gasteiger partial charge in [-0.05, 0) is 61.6 Å². The van der Waals surface area contributed by atoms with Crippen molar-refractivity contribution in [2.75, 3.05) is 55.6 Å². The fourth-order valence-corrected chi connectivity index (χ4v) is 6.33. The van der Waals surface area contributed by atoms with Crippen molar-refractivity contribution in [1.29, 1.82) is 0 Å². The number of amides is 3. The van der Waals surface area contributed by atoms with Gasteiger partial charge in [0.2, 0.25) is 11.8 Å². The molecule has 11 nitrogen and oxygen atoms in total. The van der Waals surface area contributed by atoms with Crippen LogP contribution in [-0.2, 0) is 9.59 Å². The summed E-state index contributed by atoms with van der Waals surface area (Å²) in [6.07, 6.45) is 4.40. The molecule has 0 bridgehead atoms. The predicted molar refractivity (Wildman–Crippen MR) is 156 cm³/mol. The van der Waals surface area contributed by atoms with Crippen LogP contribution in [-0.4, -0.2) is 78.2 Å². The molecule has 11 heteroatoms. The first-order chi connectivity index (χ1) is 19.9. The van der Waals surface area contributed by atoms with E-state index in [-0.39, 0.29) is 24.3 Å². The van der Waals surface area contributed by atoms with Crippen LogP contribution in [0.2, 0.25) is 0 Å². The summed E-state index contributed by atoms with van der Waals surface area (Å²) < 4.78 is 1.22. The summed E-state index contributed by atoms with van der Waals surface area (Å²) in [5, 5.41) is 7.98. The summed E-state index contributed by atoms with van der Waals surface area (Å²) in [5.74, 6) is -0.553. The molecule has 3 saturated heterocycles. The Kier molecular flexibility index (Phi) is 7.44. The Bertz CT molecular complexity index is 1520. The van der Waals surface area contributed by atoms with Gasteiger partial charge in [0.1, 0.15) is 6.04 Å². The number of benzene rings is 2. The highest BCUT2D eigenvalue weighted by Crippen LogP contribution is 2.28. The van der Waals surface area contributed by atoms with Crippen molar-refractivity contribution in [3.05, 3.63) is 64.6 Å². The third kappa shape index (κ3) is 5.54. The third-order valence-electron chi connectivity index (χ3n) is 8.70. The minimum Gasteiger partial charge on any atom is -0.372 e. The van der Waals surface area contributed by atoms with Gasteiger partial charge in [-0.2, -0.15) is 5.10 Å². The maximum atomic E-state index is 13.3. The second kappa shape index (κ2) is 11.3. The van der Waals surface area contributed by atoms with E-state index in [0.29, 0.717) is 16.9 Å². The highest BCUT2D eigenvalue weighted by Gasteiger charge is 2.30. The van der Waals surface area contributed by atoms with Crippen molar-refractivity contribution in [3.63, 3.8) is 0 Å². The van der Waals surface area contributed by atoms with Crippen molar-refractivity contribution >= 4 is 39.9 Å². The van der Waals surface area contributed by atoms with E-state index in [1.165, 1.54) is 4.68 Å². The van der Waals surface area contributed by atoms with E-state index in [9.17, 15) is 19.2 Å². The number of hydrogen-bond donors (Lipinski definition) is 2. The lowest BCUT2D eigenvalue weighted by molar-refractivity contribution is -0.136. The molecule has 2 aromatic carbocycles. The first-order valence-electron chi connectivity index (χ1n) is 14.3. The van der Waals surface area contributed by atoms with Gasteiger partial charge in [-0.15, -0.1) is 0 Å². The minimum atomic E-state index is -0.772. The summed E-state index contributed by atoms with van der Waals surface area (Å²) >= 11 is 0. The number of primary amides is 1. The summed E-state index contributed by atoms with van der Waals surface area (Å²) in [4.78, 5) is 55.7. The van der Waals surface area contributed by atoms with Gasteiger partial charge >= 0.3 is 0 Å². The monoisotopic (exact) mass is 557 g/mol. The van der Waals surface area contributed by atoms with Crippen LogP contribution in [0.4, 0.5) is 11.4 Å². The number of nitrogens with two attached hydrogens (primary N) is 1. The van der Waals surface area contributed by atoms with E-state index in [1.807, 2.05) is 24.3 Å². The average Bonchev–Trinajstić information content (AvgIpc) is 2.98. The van der Waals surface area contributed by atoms with Crippen LogP contribution < -0.4 is 26.4 Å². The van der Waals surface area contributed by atoms with E-state index in [4.69, 9.17) is 5.73 Å². The van der Waals surface area contributed by atoms with Crippen LogP contribution in [0.5, 0.6) is 0 Å². The largest absolute Gasteiger partial charge is 0.372 e. The number of anilines is 2. The number of carbonyl (C=O) groups excluding carboxylic acids is 3. The second-order valence-electron chi connectivity index (χ2n) is 11.2. The fourth-order valence-electron chi connectivity index (χ4n) is 6.33. The summed E-state index contributed by atoms with van der Waals surface area (Å²) in [7, 11) is 0. The molecule has 4 heterocycles. The average molecular weight is 558 g/mol. The number of imide groups is 1. The standard InChI is InChI=1S/C30H35N7O4/c31-28(39)21-4-6-22(7-5-21)35-12-10-20(11-13-35)19-34-14-16-36(17-15-34)25-3-1-2-23-24(25)18-32-37(30(23)41)26-8-9-27(38)33-29(26)40/h1-7,18,20,26H,8-17,19H2,(H2,31,39)(H,33,38,40). The normalized spacial score (nSPS) is 20.8. The van der Waals surface area contributed by atoms with Gasteiger partial charge in [-0.3, -0.25) is 29.4 Å². The van der Waals surface area contributed by atoms with Gasteiger partial charge in [0.25, 0.3) is 11.5 Å². The quantitative estimate of drug-likeness (QED) is 0.436. The summed E-state index contributed by atoms with van der Waals surface area (Å²) in [6, 6.07) is 12.5. The van der Waals surface area contributed by atoms with E-state index in [1.54, 1.807) is 24.4 Å². The lowest BCUT2D eigenvalue weighted by atomic mass is 9.95. The van der Waals surface area contributed by atoms with Gasteiger partial charge < -0.3 is 15.5 Å². The molecule has 3 aliphatic heterocycles. The van der Waals surface area contributed by atoms with Crippen molar-refractivity contribution in [1.82, 2.24) is 20.0 Å². The van der Waals surface area contributed by atoms with Gasteiger partial charge in [0.15, 0.2) is 0 Å². The number of piperidine rings is 2. The van der Waals surface area contributed by atoms with Crippen LogP contribution >= 0.6 is 0 Å². The van der Waals surface area contributed by atoms with Crippen LogP contribution in [0.3, 0.4) is 0 Å². The molecule has 214 valence electrons. The number of carbonyl (C=O) groups is 3. The topological polar surface area (TPSA) is 134 Å². The van der Waals surface area contributed by atoms with Crippen LogP contribution in [0.1, 0.15) is 42.1 Å². The third-order valence-corrected chi connectivity index (χ3v) is 8.70. The molecule has 3 aliphatic rings. The Balaban J connectivity index is 1.05. The number of piperazine rings is 1. The van der Waals surface area contributed by atoms with Crippen LogP contribution in [0.15, 0.2) is 53.5 Å². The smallest absolute Gasteiger partial charge is 0.275 e. The molecule has 3 amide bonds. The first-order valence-corrected chi connectivity index (χ1v) is 14.3. The molecule has 3 aromatic rings. The Morgan fingerprint density at radius 1 is 0.878 bits per heavy atom. The second-order valence-corrected chi connectivity index (χ2v) is 11.2. The number of rotatable bonds is 6. The van der Waals surface area contributed by atoms with Crippen molar-refractivity contribution < 1.29 is 14.4 Å². The maximum absolute atomic E-state index is 13.3. The van der Waals surface area contributed by atoms with Gasteiger partial charge in [-0.25, -0.2) is 4.68 Å². The first kappa shape index (κ1) is 26.9. The number of nitrogens with one attached hydrogen (secondary N) is 1. The molecule has 3 fully saturated rings. The Labute approximate surface area is 237 Å². The van der Waals surface area contributed by atoms with Gasteiger partial charge in [0, 0.05) is 74.6 Å². The van der Waals surface area contributed by atoms with Crippen LogP contribution in [0, 0.1) is 5.92 Å². The SMILES string of the molecule is NC(=O)c1ccc(N2CCC(CN3CCN(c4cccc5c(=O)n(C6CCC(=O)NC6=O)ncc45)CC3)CC2)cc1. The fraction of sp³-hybridized carbons (Fsp3) is 0.433. The van der Waals surface area contributed by atoms with Crippen molar-refractivity contribution in [2.24, 2.45) is 11.7 Å². The summed E-state index contributed by atoms with van der Waals surface area (Å²) in [5.41, 5.74) is 7.70. The minimum absolute atomic E-state index is 0.193. The molecule has 0 aliphatic carbocycles. The number of fused-ring (bicyclic) bond motifs is 1. The lowest BCUT2D eigenvalue weighted by Gasteiger charge is -2.40. The number of nitrogens with zero attached hydrogens (tertiary/aromatic N) is 5. The van der Waals surface area contributed by atoms with Gasteiger partial charge in [-0.1, -0.05) is 6.07 Å². The molecule has 1 unspecified atom stereocenters. The van der Waals surface area contributed by atoms with E-state index in [0.717, 1.165) is 75.4 Å². The molecule has 0 spiro atoms. The zero-order valence-electron chi connectivity index (χ0n) is 23.0. The molecule has 0 saturated carbocycles. The molecular formula is C30H35N7O4. The Morgan fingerprint density at radius 2 is 1.61 bits per heavy atom. The zero-order valence-corrected chi connectivity index (χ0v) is 23.0. The van der Waals surface area contributed by atoms with E-state index in [2.05, 4.69) is 25.1 Å². The number of hydrogen-bond acceptors (Lipinski definition) is 8. The van der Waals surface area contributed by atoms with Crippen molar-refractivity contribution in [3.8, 4) is 0 Å². The van der Waals surface area contributed by atoms with E-state index < -0.39 is 17.9 Å². The lowest BCUT2D eigenvalue weighted by Crippen LogP contribution is -2.49. The molecule has 0 radical (unpaired) electrons. The molecule has 1 atom stereocenters. The molecule has 3 N–H and O–H groups in total. The predicted octanol–water partition coefficient (Wildman–Crippen LogP) is 1.51. The maximum Gasteiger partial charge on any atom is 0.275 e. The highest BCUT2D eigenvalue weighted by molar-refractivity contribution is 5.99. The molecular weight excluding hydrogens is 522 g/mol. The van der Waals surface area contributed by atoms with Gasteiger partial charge in [0.05, 0.1) is 11.6 Å². The van der Waals surface area contributed by atoms with Crippen LogP contribution in [0.25, 0.3) is 10.8 Å². The Morgan fingerprint density at radius 3 is 2.29 bits per heavy atom. The van der Waals surface area contributed by atoms with Crippen molar-refractivity contribution in [2.45, 2.75) is 31.7 Å². The summed E-state index contributed by atoms with van der Waals surface area (Å²) in [6.45, 7) is 6.70. The Hall–Kier alpha value is -4.25. The molecule has 6 rings (SSSR count). The highest BCUT2D eigenvalue weighted by atomic mass is 16.2. The number of aromatic nitrogens is 2. The van der Waals surface area contributed by atoms with E-state index >= 15 is 0 Å². The zero-order chi connectivity index (χ0) is 28.5. The molecule has 41 heavy (non-hydrogen) atoms. The molecule has 1 aromatic heterocycles.